The van der Waals surface area contributed by atoms with E-state index in [2.05, 4.69) is 29.3 Å². The van der Waals surface area contributed by atoms with Crippen molar-refractivity contribution in [3.05, 3.63) is 64.2 Å². The van der Waals surface area contributed by atoms with Gasteiger partial charge >= 0.3 is 21.7 Å². The molecule has 2 aliphatic rings. The van der Waals surface area contributed by atoms with E-state index in [-0.39, 0.29) is 17.8 Å². The Bertz CT molecular complexity index is 1310. The van der Waals surface area contributed by atoms with E-state index in [1.54, 1.807) is 4.90 Å². The van der Waals surface area contributed by atoms with Crippen LogP contribution in [-0.2, 0) is 34.1 Å². The minimum atomic E-state index is -5.75. The molecular formula is C29H36F3NO5S. The van der Waals surface area contributed by atoms with Crippen LogP contribution in [0.1, 0.15) is 86.6 Å². The molecule has 0 radical (unpaired) electrons. The van der Waals surface area contributed by atoms with Crippen LogP contribution in [0.2, 0.25) is 0 Å². The molecule has 2 aromatic carbocycles. The highest BCUT2D eigenvalue weighted by Crippen LogP contribution is 2.43. The van der Waals surface area contributed by atoms with Crippen molar-refractivity contribution in [3.63, 3.8) is 0 Å². The third-order valence-electron chi connectivity index (χ3n) is 7.47. The van der Waals surface area contributed by atoms with Crippen molar-refractivity contribution in [1.29, 1.82) is 0 Å². The summed E-state index contributed by atoms with van der Waals surface area (Å²) in [5.74, 6) is -0.0591. The van der Waals surface area contributed by atoms with E-state index in [4.69, 9.17) is 4.74 Å². The van der Waals surface area contributed by atoms with Gasteiger partial charge in [-0.2, -0.15) is 21.6 Å². The molecule has 0 unspecified atom stereocenters. The van der Waals surface area contributed by atoms with Crippen molar-refractivity contribution in [1.82, 2.24) is 4.90 Å². The smallest absolute Gasteiger partial charge is 0.444 e. The number of rotatable bonds is 6. The zero-order valence-corrected chi connectivity index (χ0v) is 23.6. The predicted molar refractivity (Wildman–Crippen MR) is 142 cm³/mol. The van der Waals surface area contributed by atoms with Gasteiger partial charge in [-0.15, -0.1) is 0 Å². The standard InChI is InChI=1S/C29H36F3NO5S/c1-5-20-17-19(9-12-24(20)21-13-15-33(16-14-21)27(34)37-28(2,3)4)18-23-11-10-22-7-6-8-25(26(22)23)38-39(35,36)29(30,31)32/h6-9,12,17,21,23H,5,10-11,13-16,18H2,1-4H3/t23-/m0/s1. The summed E-state index contributed by atoms with van der Waals surface area (Å²) in [7, 11) is -5.75. The third-order valence-corrected chi connectivity index (χ3v) is 8.43. The number of likely N-dealkylation sites (tertiary alicyclic amines) is 1. The molecule has 10 heteroatoms. The maximum atomic E-state index is 13.0. The van der Waals surface area contributed by atoms with Crippen molar-refractivity contribution in [2.24, 2.45) is 0 Å². The van der Waals surface area contributed by atoms with Crippen LogP contribution in [0.5, 0.6) is 5.75 Å². The highest BCUT2D eigenvalue weighted by atomic mass is 32.2. The number of piperidine rings is 1. The summed E-state index contributed by atoms with van der Waals surface area (Å²) in [6.07, 6.45) is 4.16. The number of hydrogen-bond donors (Lipinski definition) is 0. The van der Waals surface area contributed by atoms with Crippen LogP contribution in [0.25, 0.3) is 0 Å². The molecule has 214 valence electrons. The lowest BCUT2D eigenvalue weighted by Gasteiger charge is -2.34. The number of alkyl halides is 3. The zero-order chi connectivity index (χ0) is 28.6. The SMILES string of the molecule is CCc1cc(C[C@@H]2CCc3cccc(OS(=O)(=O)C(F)(F)F)c32)ccc1C1CCN(C(=O)OC(C)(C)C)CC1. The summed E-state index contributed by atoms with van der Waals surface area (Å²) in [6.45, 7) is 8.93. The van der Waals surface area contributed by atoms with Crippen molar-refractivity contribution in [2.75, 3.05) is 13.1 Å². The molecular weight excluding hydrogens is 531 g/mol. The van der Waals surface area contributed by atoms with E-state index in [0.717, 1.165) is 30.4 Å². The number of aryl methyl sites for hydroxylation is 2. The van der Waals surface area contributed by atoms with Crippen LogP contribution >= 0.6 is 0 Å². The Kier molecular flexibility index (Phi) is 8.26. The summed E-state index contributed by atoms with van der Waals surface area (Å²) < 4.78 is 72.4. The minimum Gasteiger partial charge on any atom is -0.444 e. The number of carbonyl (C=O) groups is 1. The average Bonchev–Trinajstić information content (AvgIpc) is 3.26. The molecule has 0 aromatic heterocycles. The molecule has 1 heterocycles. The predicted octanol–water partition coefficient (Wildman–Crippen LogP) is 6.86. The number of ether oxygens (including phenoxy) is 1. The maximum absolute atomic E-state index is 13.0. The third kappa shape index (κ3) is 6.70. The van der Waals surface area contributed by atoms with Crippen LogP contribution in [-0.4, -0.2) is 43.6 Å². The van der Waals surface area contributed by atoms with Crippen LogP contribution in [0.4, 0.5) is 18.0 Å². The Morgan fingerprint density at radius 2 is 1.74 bits per heavy atom. The van der Waals surface area contributed by atoms with Gasteiger partial charge in [0.2, 0.25) is 0 Å². The molecule has 1 saturated heterocycles. The Hall–Kier alpha value is -2.75. The molecule has 1 aliphatic heterocycles. The second kappa shape index (κ2) is 11.0. The lowest BCUT2D eigenvalue weighted by Crippen LogP contribution is -2.41. The topological polar surface area (TPSA) is 72.9 Å². The van der Waals surface area contributed by atoms with Gasteiger partial charge in [0.15, 0.2) is 0 Å². The lowest BCUT2D eigenvalue weighted by molar-refractivity contribution is -0.0500. The molecule has 39 heavy (non-hydrogen) atoms. The van der Waals surface area contributed by atoms with Crippen LogP contribution < -0.4 is 4.18 Å². The van der Waals surface area contributed by atoms with E-state index in [9.17, 15) is 26.4 Å². The summed E-state index contributed by atoms with van der Waals surface area (Å²) >= 11 is 0. The van der Waals surface area contributed by atoms with Gasteiger partial charge in [0.1, 0.15) is 11.4 Å². The molecule has 1 atom stereocenters. The highest BCUT2D eigenvalue weighted by Gasteiger charge is 2.49. The van der Waals surface area contributed by atoms with Crippen molar-refractivity contribution in [3.8, 4) is 5.75 Å². The zero-order valence-electron chi connectivity index (χ0n) is 22.8. The molecule has 0 N–H and O–H groups in total. The normalized spacial score (nSPS) is 18.6. The van der Waals surface area contributed by atoms with E-state index >= 15 is 0 Å². The summed E-state index contributed by atoms with van der Waals surface area (Å²) in [6, 6.07) is 11.0. The van der Waals surface area contributed by atoms with Crippen molar-refractivity contribution < 1.29 is 35.3 Å². The van der Waals surface area contributed by atoms with E-state index in [0.29, 0.717) is 43.8 Å². The number of nitrogens with zero attached hydrogens (tertiary/aromatic N) is 1. The number of hydrogen-bond acceptors (Lipinski definition) is 5. The summed E-state index contributed by atoms with van der Waals surface area (Å²) in [5, 5.41) is 0. The lowest BCUT2D eigenvalue weighted by atomic mass is 9.84. The quantitative estimate of drug-likeness (QED) is 0.282. The fourth-order valence-corrected chi connectivity index (χ4v) is 6.14. The van der Waals surface area contributed by atoms with Crippen molar-refractivity contribution in [2.45, 2.75) is 89.2 Å². The number of carbonyl (C=O) groups excluding carboxylic acids is 1. The molecule has 1 fully saturated rings. The van der Waals surface area contributed by atoms with Crippen molar-refractivity contribution >= 4 is 16.2 Å². The van der Waals surface area contributed by atoms with Gasteiger partial charge in [-0.05, 0) is 99.5 Å². The Labute approximate surface area is 228 Å². The largest absolute Gasteiger partial charge is 0.534 e. The second-order valence-electron chi connectivity index (χ2n) is 11.4. The number of amides is 1. The molecule has 1 amide bonds. The van der Waals surface area contributed by atoms with Crippen LogP contribution in [0.3, 0.4) is 0 Å². The molecule has 0 bridgehead atoms. The molecule has 4 rings (SSSR count). The molecule has 1 aliphatic carbocycles. The Morgan fingerprint density at radius 1 is 1.05 bits per heavy atom. The number of halogens is 3. The average molecular weight is 568 g/mol. The monoisotopic (exact) mass is 567 g/mol. The fraction of sp³-hybridized carbons (Fsp3) is 0.552. The van der Waals surface area contributed by atoms with Gasteiger partial charge in [0.25, 0.3) is 0 Å². The Balaban J connectivity index is 1.48. The van der Waals surface area contributed by atoms with Gasteiger partial charge in [0, 0.05) is 18.7 Å². The number of fused-ring (bicyclic) bond motifs is 1. The molecule has 0 spiro atoms. The number of benzene rings is 2. The van der Waals surface area contributed by atoms with Gasteiger partial charge in [-0.1, -0.05) is 37.3 Å². The van der Waals surface area contributed by atoms with Gasteiger partial charge in [-0.3, -0.25) is 0 Å². The first-order valence-electron chi connectivity index (χ1n) is 13.4. The van der Waals surface area contributed by atoms with Gasteiger partial charge in [0.05, 0.1) is 0 Å². The first kappa shape index (κ1) is 29.2. The summed E-state index contributed by atoms with van der Waals surface area (Å²) in [4.78, 5) is 14.2. The van der Waals surface area contributed by atoms with E-state index in [1.807, 2.05) is 26.8 Å². The van der Waals surface area contributed by atoms with Crippen LogP contribution in [0.15, 0.2) is 36.4 Å². The summed E-state index contributed by atoms with van der Waals surface area (Å²) in [5.41, 5.74) is -1.13. The van der Waals surface area contributed by atoms with Crippen LogP contribution in [0, 0.1) is 0 Å². The fourth-order valence-electron chi connectivity index (χ4n) is 5.66. The van der Waals surface area contributed by atoms with E-state index < -0.39 is 21.2 Å². The molecule has 2 aromatic rings. The second-order valence-corrected chi connectivity index (χ2v) is 12.9. The minimum absolute atomic E-state index is 0.146. The van der Waals surface area contributed by atoms with Gasteiger partial charge < -0.3 is 13.8 Å². The first-order chi connectivity index (χ1) is 18.2. The van der Waals surface area contributed by atoms with E-state index in [1.165, 1.54) is 23.3 Å². The molecule has 0 saturated carbocycles. The Morgan fingerprint density at radius 3 is 2.36 bits per heavy atom. The van der Waals surface area contributed by atoms with Gasteiger partial charge in [-0.25, -0.2) is 4.79 Å². The first-order valence-corrected chi connectivity index (χ1v) is 14.8. The molecule has 6 nitrogen and oxygen atoms in total. The maximum Gasteiger partial charge on any atom is 0.534 e. The highest BCUT2D eigenvalue weighted by molar-refractivity contribution is 7.88.